The second kappa shape index (κ2) is 7.53. The normalized spacial score (nSPS) is 21.3. The molecule has 0 radical (unpaired) electrons. The highest BCUT2D eigenvalue weighted by Gasteiger charge is 2.31. The van der Waals surface area contributed by atoms with Gasteiger partial charge in [0.1, 0.15) is 0 Å². The third kappa shape index (κ3) is 4.12. The predicted octanol–water partition coefficient (Wildman–Crippen LogP) is 2.62. The number of piperazine rings is 1. The van der Waals surface area contributed by atoms with Crippen LogP contribution in [0.25, 0.3) is 0 Å². The lowest BCUT2D eigenvalue weighted by Crippen LogP contribution is -2.45. The third-order valence-corrected chi connectivity index (χ3v) is 4.17. The molecule has 0 unspecified atom stereocenters. The fourth-order valence-corrected chi connectivity index (χ4v) is 2.94. The first kappa shape index (κ1) is 16.8. The molecule has 1 aliphatic heterocycles. The molecule has 0 amide bonds. The number of aromatic nitrogens is 1. The van der Waals surface area contributed by atoms with Gasteiger partial charge in [0, 0.05) is 45.1 Å². The molecule has 110 valence electrons. The molecule has 3 rings (SSSR count). The lowest BCUT2D eigenvalue weighted by atomic mass is 10.0. The number of halogens is 2. The molecule has 5 heteroatoms. The SMILES string of the molecule is Cl.Cl.Cn1cccc1[C@H](CC1CC1)N1CCNCC1. The second-order valence-electron chi connectivity index (χ2n) is 5.52. The first-order valence-corrected chi connectivity index (χ1v) is 6.90. The number of nitrogens with one attached hydrogen (secondary N) is 1. The summed E-state index contributed by atoms with van der Waals surface area (Å²) in [6.45, 7) is 4.68. The maximum atomic E-state index is 3.45. The Kier molecular flexibility index (Phi) is 6.67. The van der Waals surface area contributed by atoms with Crippen molar-refractivity contribution in [2.24, 2.45) is 13.0 Å². The predicted molar refractivity (Wildman–Crippen MR) is 84.4 cm³/mol. The maximum Gasteiger partial charge on any atom is 0.0504 e. The van der Waals surface area contributed by atoms with Gasteiger partial charge in [-0.2, -0.15) is 0 Å². The van der Waals surface area contributed by atoms with Gasteiger partial charge in [-0.1, -0.05) is 12.8 Å². The van der Waals surface area contributed by atoms with Crippen molar-refractivity contribution in [1.82, 2.24) is 14.8 Å². The van der Waals surface area contributed by atoms with E-state index >= 15 is 0 Å². The van der Waals surface area contributed by atoms with Gasteiger partial charge in [0.2, 0.25) is 0 Å². The van der Waals surface area contributed by atoms with E-state index in [0.29, 0.717) is 6.04 Å². The molecule has 1 atom stereocenters. The minimum atomic E-state index is 0. The summed E-state index contributed by atoms with van der Waals surface area (Å²) in [5.74, 6) is 0.991. The van der Waals surface area contributed by atoms with Crippen molar-refractivity contribution in [2.75, 3.05) is 26.2 Å². The average Bonchev–Trinajstić information content (AvgIpc) is 3.09. The molecule has 1 saturated heterocycles. The zero-order chi connectivity index (χ0) is 11.7. The maximum absolute atomic E-state index is 3.45. The van der Waals surface area contributed by atoms with E-state index in [1.165, 1.54) is 38.0 Å². The quantitative estimate of drug-likeness (QED) is 0.923. The molecule has 0 spiro atoms. The molecule has 1 saturated carbocycles. The fourth-order valence-electron chi connectivity index (χ4n) is 2.94. The van der Waals surface area contributed by atoms with E-state index in [1.807, 2.05) is 0 Å². The van der Waals surface area contributed by atoms with Crippen LogP contribution in [0.4, 0.5) is 0 Å². The summed E-state index contributed by atoms with van der Waals surface area (Å²) in [5.41, 5.74) is 1.50. The molecule has 1 N–H and O–H groups in total. The van der Waals surface area contributed by atoms with Gasteiger partial charge in [-0.3, -0.25) is 4.90 Å². The molecular formula is C14H25Cl2N3. The van der Waals surface area contributed by atoms with Gasteiger partial charge in [0.15, 0.2) is 0 Å². The molecule has 1 aromatic rings. The molecule has 1 aromatic heterocycles. The highest BCUT2D eigenvalue weighted by Crippen LogP contribution is 2.40. The molecule has 3 nitrogen and oxygen atoms in total. The van der Waals surface area contributed by atoms with Crippen LogP contribution < -0.4 is 5.32 Å². The van der Waals surface area contributed by atoms with Gasteiger partial charge in [-0.25, -0.2) is 0 Å². The highest BCUT2D eigenvalue weighted by molar-refractivity contribution is 5.85. The van der Waals surface area contributed by atoms with E-state index in [1.54, 1.807) is 0 Å². The monoisotopic (exact) mass is 305 g/mol. The zero-order valence-corrected chi connectivity index (χ0v) is 13.2. The summed E-state index contributed by atoms with van der Waals surface area (Å²) in [5, 5.41) is 3.45. The van der Waals surface area contributed by atoms with E-state index in [-0.39, 0.29) is 24.8 Å². The Balaban J connectivity index is 0.000000902. The Morgan fingerprint density at radius 2 is 1.95 bits per heavy atom. The van der Waals surface area contributed by atoms with Crippen molar-refractivity contribution in [3.8, 4) is 0 Å². The Bertz CT molecular complexity index is 371. The summed E-state index contributed by atoms with van der Waals surface area (Å²) in [7, 11) is 2.18. The Morgan fingerprint density at radius 1 is 1.26 bits per heavy atom. The van der Waals surface area contributed by atoms with E-state index in [4.69, 9.17) is 0 Å². The second-order valence-corrected chi connectivity index (χ2v) is 5.52. The largest absolute Gasteiger partial charge is 0.353 e. The summed E-state index contributed by atoms with van der Waals surface area (Å²) >= 11 is 0. The van der Waals surface area contributed by atoms with Crippen molar-refractivity contribution < 1.29 is 0 Å². The number of nitrogens with zero attached hydrogens (tertiary/aromatic N) is 2. The molecule has 19 heavy (non-hydrogen) atoms. The summed E-state index contributed by atoms with van der Waals surface area (Å²) in [6.07, 6.45) is 6.44. The van der Waals surface area contributed by atoms with Gasteiger partial charge in [-0.05, 0) is 24.5 Å². The topological polar surface area (TPSA) is 20.2 Å². The fraction of sp³-hybridized carbons (Fsp3) is 0.714. The highest BCUT2D eigenvalue weighted by atomic mass is 35.5. The minimum Gasteiger partial charge on any atom is -0.353 e. The van der Waals surface area contributed by atoms with Crippen molar-refractivity contribution in [3.63, 3.8) is 0 Å². The van der Waals surface area contributed by atoms with Crippen molar-refractivity contribution in [2.45, 2.75) is 25.3 Å². The number of hydrogen-bond acceptors (Lipinski definition) is 2. The zero-order valence-electron chi connectivity index (χ0n) is 11.5. The van der Waals surface area contributed by atoms with Crippen LogP contribution >= 0.6 is 24.8 Å². The lowest BCUT2D eigenvalue weighted by Gasteiger charge is -2.35. The minimum absolute atomic E-state index is 0. The Morgan fingerprint density at radius 3 is 2.47 bits per heavy atom. The average molecular weight is 306 g/mol. The van der Waals surface area contributed by atoms with Gasteiger partial charge >= 0.3 is 0 Å². The van der Waals surface area contributed by atoms with Crippen LogP contribution in [0.15, 0.2) is 18.3 Å². The van der Waals surface area contributed by atoms with E-state index < -0.39 is 0 Å². The first-order chi connectivity index (χ1) is 8.34. The van der Waals surface area contributed by atoms with Gasteiger partial charge in [0.05, 0.1) is 6.04 Å². The van der Waals surface area contributed by atoms with Gasteiger partial charge in [-0.15, -0.1) is 24.8 Å². The third-order valence-electron chi connectivity index (χ3n) is 4.17. The van der Waals surface area contributed by atoms with E-state index in [0.717, 1.165) is 19.0 Å². The van der Waals surface area contributed by atoms with Crippen LogP contribution in [-0.2, 0) is 7.05 Å². The molecule has 1 aliphatic carbocycles. The smallest absolute Gasteiger partial charge is 0.0504 e. The number of rotatable bonds is 4. The molecular weight excluding hydrogens is 281 g/mol. The van der Waals surface area contributed by atoms with Crippen LogP contribution in [0.1, 0.15) is 31.0 Å². The molecule has 2 aliphatic rings. The summed E-state index contributed by atoms with van der Waals surface area (Å²) in [6, 6.07) is 5.12. The van der Waals surface area contributed by atoms with E-state index in [2.05, 4.69) is 40.2 Å². The Hall–Kier alpha value is -0.220. The molecule has 0 aromatic carbocycles. The van der Waals surface area contributed by atoms with Crippen molar-refractivity contribution in [3.05, 3.63) is 24.0 Å². The van der Waals surface area contributed by atoms with Crippen molar-refractivity contribution >= 4 is 24.8 Å². The van der Waals surface area contributed by atoms with Crippen LogP contribution in [0.2, 0.25) is 0 Å². The standard InChI is InChI=1S/C14H23N3.2ClH/c1-16-8-2-3-13(16)14(11-12-4-5-12)17-9-6-15-7-10-17;;/h2-3,8,12,14-15H,4-7,9-11H2,1H3;2*1H/t14-;;/m0../s1. The molecule has 2 heterocycles. The Labute approximate surface area is 128 Å². The lowest BCUT2D eigenvalue weighted by molar-refractivity contribution is 0.155. The van der Waals surface area contributed by atoms with Gasteiger partial charge in [0.25, 0.3) is 0 Å². The van der Waals surface area contributed by atoms with Gasteiger partial charge < -0.3 is 9.88 Å². The number of hydrogen-bond donors (Lipinski definition) is 1. The summed E-state index contributed by atoms with van der Waals surface area (Å²) in [4.78, 5) is 2.67. The van der Waals surface area contributed by atoms with Crippen LogP contribution in [0.3, 0.4) is 0 Å². The van der Waals surface area contributed by atoms with Crippen LogP contribution in [-0.4, -0.2) is 35.6 Å². The van der Waals surface area contributed by atoms with Crippen LogP contribution in [0.5, 0.6) is 0 Å². The molecule has 2 fully saturated rings. The van der Waals surface area contributed by atoms with E-state index in [9.17, 15) is 0 Å². The molecule has 0 bridgehead atoms. The number of aryl methyl sites for hydroxylation is 1. The first-order valence-electron chi connectivity index (χ1n) is 6.90. The van der Waals surface area contributed by atoms with Crippen LogP contribution in [0, 0.1) is 5.92 Å². The van der Waals surface area contributed by atoms with Crippen molar-refractivity contribution in [1.29, 1.82) is 0 Å². The summed E-state index contributed by atoms with van der Waals surface area (Å²) < 4.78 is 2.30.